The van der Waals surface area contributed by atoms with Crippen molar-refractivity contribution < 1.29 is 9.53 Å². The first-order valence-corrected chi connectivity index (χ1v) is 9.04. The molecule has 140 valence electrons. The van der Waals surface area contributed by atoms with E-state index in [-0.39, 0.29) is 18.0 Å². The van der Waals surface area contributed by atoms with Gasteiger partial charge < -0.3 is 14.6 Å². The molecule has 5 nitrogen and oxygen atoms in total. The van der Waals surface area contributed by atoms with E-state index in [0.29, 0.717) is 18.5 Å². The number of methoxy groups -OCH3 is 1. The van der Waals surface area contributed by atoms with Crippen LogP contribution in [0.5, 0.6) is 5.75 Å². The van der Waals surface area contributed by atoms with E-state index in [1.165, 1.54) is 0 Å². The fourth-order valence-electron chi connectivity index (χ4n) is 3.19. The molecular weight excluding hydrogens is 340 g/mol. The Morgan fingerprint density at radius 1 is 1.07 bits per heavy atom. The third-order valence-electron chi connectivity index (χ3n) is 4.65. The van der Waals surface area contributed by atoms with E-state index in [1.54, 1.807) is 12.0 Å². The Hall–Kier alpha value is -3.08. The highest BCUT2D eigenvalue weighted by molar-refractivity contribution is 5.80. The van der Waals surface area contributed by atoms with Crippen molar-refractivity contribution in [3.8, 4) is 5.75 Å². The van der Waals surface area contributed by atoms with Crippen LogP contribution in [0.15, 0.2) is 53.3 Å². The van der Waals surface area contributed by atoms with Gasteiger partial charge in [0.2, 0.25) is 5.91 Å². The second kappa shape index (κ2) is 8.08. The summed E-state index contributed by atoms with van der Waals surface area (Å²) in [7, 11) is 1.61. The molecule has 5 heteroatoms. The van der Waals surface area contributed by atoms with E-state index in [1.807, 2.05) is 62.4 Å². The number of aromatic amines is 1. The third kappa shape index (κ3) is 4.19. The number of aromatic nitrogens is 1. The zero-order valence-electron chi connectivity index (χ0n) is 15.9. The van der Waals surface area contributed by atoms with Crippen LogP contribution in [0.1, 0.15) is 30.0 Å². The van der Waals surface area contributed by atoms with Gasteiger partial charge in [0.15, 0.2) is 0 Å². The number of benzene rings is 2. The van der Waals surface area contributed by atoms with Crippen molar-refractivity contribution in [2.24, 2.45) is 0 Å². The fourth-order valence-corrected chi connectivity index (χ4v) is 3.19. The highest BCUT2D eigenvalue weighted by Gasteiger charge is 2.17. The molecule has 0 aliphatic carbocycles. The number of H-pyrrole nitrogens is 1. The van der Waals surface area contributed by atoms with Gasteiger partial charge in [0.1, 0.15) is 5.75 Å². The third-order valence-corrected chi connectivity index (χ3v) is 4.65. The second-order valence-electron chi connectivity index (χ2n) is 6.63. The Morgan fingerprint density at radius 2 is 1.81 bits per heavy atom. The molecule has 0 saturated heterocycles. The van der Waals surface area contributed by atoms with Crippen LogP contribution in [0.25, 0.3) is 10.9 Å². The molecule has 27 heavy (non-hydrogen) atoms. The standard InChI is InChI=1S/C22H24N2O3/c1-4-21(25)24(13-16-7-5-6-8-20(16)27-3)14-18-12-17-11-15(2)9-10-19(17)23-22(18)26/h5-12H,4,13-14H2,1-3H3,(H,23,26). The smallest absolute Gasteiger partial charge is 0.253 e. The molecule has 0 radical (unpaired) electrons. The van der Waals surface area contributed by atoms with E-state index in [2.05, 4.69) is 4.98 Å². The largest absolute Gasteiger partial charge is 0.496 e. The molecular formula is C22H24N2O3. The summed E-state index contributed by atoms with van der Waals surface area (Å²) in [4.78, 5) is 29.7. The molecule has 1 aromatic heterocycles. The number of nitrogens with one attached hydrogen (secondary N) is 1. The van der Waals surface area contributed by atoms with E-state index < -0.39 is 0 Å². The number of hydrogen-bond donors (Lipinski definition) is 1. The predicted molar refractivity (Wildman–Crippen MR) is 107 cm³/mol. The molecule has 0 aliphatic heterocycles. The van der Waals surface area contributed by atoms with Gasteiger partial charge in [0.05, 0.1) is 13.7 Å². The number of pyridine rings is 1. The number of aryl methyl sites for hydroxylation is 1. The summed E-state index contributed by atoms with van der Waals surface area (Å²) in [5, 5.41) is 0.964. The summed E-state index contributed by atoms with van der Waals surface area (Å²) in [5.74, 6) is 0.721. The Kier molecular flexibility index (Phi) is 5.60. The molecule has 1 heterocycles. The molecule has 1 N–H and O–H groups in total. The zero-order valence-corrected chi connectivity index (χ0v) is 15.9. The van der Waals surface area contributed by atoms with Gasteiger partial charge in [0, 0.05) is 29.6 Å². The van der Waals surface area contributed by atoms with Gasteiger partial charge in [-0.05, 0) is 36.6 Å². The van der Waals surface area contributed by atoms with Crippen molar-refractivity contribution >= 4 is 16.8 Å². The Morgan fingerprint density at radius 3 is 2.56 bits per heavy atom. The summed E-state index contributed by atoms with van der Waals surface area (Å²) >= 11 is 0. The van der Waals surface area contributed by atoms with E-state index in [4.69, 9.17) is 4.74 Å². The molecule has 0 unspecified atom stereocenters. The van der Waals surface area contributed by atoms with Crippen molar-refractivity contribution in [2.75, 3.05) is 7.11 Å². The molecule has 3 rings (SSSR count). The summed E-state index contributed by atoms with van der Waals surface area (Å²) in [6, 6.07) is 15.4. The van der Waals surface area contributed by atoms with Crippen LogP contribution < -0.4 is 10.3 Å². The summed E-state index contributed by atoms with van der Waals surface area (Å²) in [6.45, 7) is 4.48. The first-order chi connectivity index (χ1) is 13.0. The first-order valence-electron chi connectivity index (χ1n) is 9.04. The van der Waals surface area contributed by atoms with Crippen molar-refractivity contribution in [3.63, 3.8) is 0 Å². The molecule has 0 atom stereocenters. The van der Waals surface area contributed by atoms with E-state index in [9.17, 15) is 9.59 Å². The van der Waals surface area contributed by atoms with Gasteiger partial charge in [-0.15, -0.1) is 0 Å². The molecule has 0 saturated carbocycles. The lowest BCUT2D eigenvalue weighted by Gasteiger charge is -2.23. The summed E-state index contributed by atoms with van der Waals surface area (Å²) in [5.41, 5.74) is 3.24. The van der Waals surface area contributed by atoms with Gasteiger partial charge in [-0.3, -0.25) is 9.59 Å². The molecule has 0 aliphatic rings. The molecule has 0 bridgehead atoms. The van der Waals surface area contributed by atoms with Crippen LogP contribution in [-0.2, 0) is 17.9 Å². The Labute approximate surface area is 158 Å². The Balaban J connectivity index is 1.95. The topological polar surface area (TPSA) is 62.4 Å². The maximum atomic E-state index is 12.5. The SMILES string of the molecule is CCC(=O)N(Cc1ccccc1OC)Cc1cc2cc(C)ccc2[nH]c1=O. The number of carbonyl (C=O) groups is 1. The highest BCUT2D eigenvalue weighted by Crippen LogP contribution is 2.21. The van der Waals surface area contributed by atoms with Crippen molar-refractivity contribution in [2.45, 2.75) is 33.4 Å². The van der Waals surface area contributed by atoms with Crippen molar-refractivity contribution in [3.05, 3.63) is 75.6 Å². The molecule has 2 aromatic carbocycles. The number of para-hydroxylation sites is 1. The van der Waals surface area contributed by atoms with Crippen LogP contribution in [-0.4, -0.2) is 22.9 Å². The van der Waals surface area contributed by atoms with Gasteiger partial charge in [0.25, 0.3) is 5.56 Å². The molecule has 0 spiro atoms. The van der Waals surface area contributed by atoms with Crippen molar-refractivity contribution in [1.29, 1.82) is 0 Å². The number of carbonyl (C=O) groups excluding carboxylic acids is 1. The van der Waals surface area contributed by atoms with Crippen LogP contribution >= 0.6 is 0 Å². The van der Waals surface area contributed by atoms with Crippen LogP contribution in [0.3, 0.4) is 0 Å². The van der Waals surface area contributed by atoms with E-state index >= 15 is 0 Å². The maximum absolute atomic E-state index is 12.5. The molecule has 0 fully saturated rings. The zero-order chi connectivity index (χ0) is 19.4. The monoisotopic (exact) mass is 364 g/mol. The number of rotatable bonds is 6. The number of ether oxygens (including phenoxy) is 1. The number of hydrogen-bond acceptors (Lipinski definition) is 3. The van der Waals surface area contributed by atoms with E-state index in [0.717, 1.165) is 27.8 Å². The summed E-state index contributed by atoms with van der Waals surface area (Å²) in [6.07, 6.45) is 0.375. The highest BCUT2D eigenvalue weighted by atomic mass is 16.5. The van der Waals surface area contributed by atoms with Crippen LogP contribution in [0, 0.1) is 6.92 Å². The lowest BCUT2D eigenvalue weighted by Crippen LogP contribution is -2.32. The average Bonchev–Trinajstić information content (AvgIpc) is 2.68. The normalized spacial score (nSPS) is 10.8. The minimum absolute atomic E-state index is 0.00959. The minimum Gasteiger partial charge on any atom is -0.496 e. The van der Waals surface area contributed by atoms with Gasteiger partial charge in [-0.2, -0.15) is 0 Å². The number of amides is 1. The lowest BCUT2D eigenvalue weighted by molar-refractivity contribution is -0.132. The molecule has 3 aromatic rings. The van der Waals surface area contributed by atoms with Gasteiger partial charge in [-0.25, -0.2) is 0 Å². The summed E-state index contributed by atoms with van der Waals surface area (Å²) < 4.78 is 5.40. The van der Waals surface area contributed by atoms with Gasteiger partial charge >= 0.3 is 0 Å². The minimum atomic E-state index is -0.166. The average molecular weight is 364 g/mol. The fraction of sp³-hybridized carbons (Fsp3) is 0.273. The van der Waals surface area contributed by atoms with Crippen molar-refractivity contribution in [1.82, 2.24) is 9.88 Å². The predicted octanol–water partition coefficient (Wildman–Crippen LogP) is 3.78. The lowest BCUT2D eigenvalue weighted by atomic mass is 10.1. The first kappa shape index (κ1) is 18.7. The number of fused-ring (bicyclic) bond motifs is 1. The second-order valence-corrected chi connectivity index (χ2v) is 6.63. The molecule has 1 amide bonds. The van der Waals surface area contributed by atoms with Gasteiger partial charge in [-0.1, -0.05) is 36.8 Å². The van der Waals surface area contributed by atoms with Crippen LogP contribution in [0.2, 0.25) is 0 Å². The Bertz CT molecular complexity index is 1020. The number of nitrogens with zero attached hydrogens (tertiary/aromatic N) is 1. The maximum Gasteiger partial charge on any atom is 0.253 e. The van der Waals surface area contributed by atoms with Crippen LogP contribution in [0.4, 0.5) is 0 Å². The quantitative estimate of drug-likeness (QED) is 0.724.